The highest BCUT2D eigenvalue weighted by molar-refractivity contribution is 6.06. The van der Waals surface area contributed by atoms with Gasteiger partial charge in [0.15, 0.2) is 0 Å². The second kappa shape index (κ2) is 4.71. The minimum Gasteiger partial charge on any atom is -0.367 e. The van der Waals surface area contributed by atoms with Crippen LogP contribution in [0.5, 0.6) is 0 Å². The summed E-state index contributed by atoms with van der Waals surface area (Å²) in [6.07, 6.45) is 5.63. The molecule has 1 aliphatic heterocycles. The third-order valence-corrected chi connectivity index (χ3v) is 6.56. The first-order chi connectivity index (χ1) is 11.6. The van der Waals surface area contributed by atoms with Crippen molar-refractivity contribution in [3.63, 3.8) is 0 Å². The highest BCUT2D eigenvalue weighted by atomic mass is 16.2. The van der Waals surface area contributed by atoms with Gasteiger partial charge in [0.25, 0.3) is 0 Å². The predicted octanol–water partition coefficient (Wildman–Crippen LogP) is 2.73. The molecule has 1 N–H and O–H groups in total. The van der Waals surface area contributed by atoms with Crippen molar-refractivity contribution in [3.05, 3.63) is 41.5 Å². The Hall–Kier alpha value is -2.10. The van der Waals surface area contributed by atoms with Gasteiger partial charge in [-0.05, 0) is 55.6 Å². The van der Waals surface area contributed by atoms with Gasteiger partial charge in [0.1, 0.15) is 0 Å². The van der Waals surface area contributed by atoms with Crippen LogP contribution in [0.2, 0.25) is 0 Å². The summed E-state index contributed by atoms with van der Waals surface area (Å²) in [6, 6.07) is 6.16. The van der Waals surface area contributed by atoms with Crippen LogP contribution in [-0.2, 0) is 9.59 Å². The molecule has 2 bridgehead atoms. The maximum atomic E-state index is 12.9. The van der Waals surface area contributed by atoms with Crippen molar-refractivity contribution in [3.8, 4) is 0 Å². The summed E-state index contributed by atoms with van der Waals surface area (Å²) in [6.45, 7) is 4.38. The van der Waals surface area contributed by atoms with Gasteiger partial charge in [-0.25, -0.2) is 0 Å². The molecule has 0 radical (unpaired) electrons. The summed E-state index contributed by atoms with van der Waals surface area (Å²) in [5.74, 6) is 1.78. The Labute approximate surface area is 141 Å². The molecule has 4 nitrogen and oxygen atoms in total. The van der Waals surface area contributed by atoms with Gasteiger partial charge in [0.05, 0.1) is 18.5 Å². The lowest BCUT2D eigenvalue weighted by Gasteiger charge is -2.37. The molecule has 6 rings (SSSR count). The molecule has 2 amide bonds. The lowest BCUT2D eigenvalue weighted by Crippen LogP contribution is -2.40. The van der Waals surface area contributed by atoms with E-state index in [9.17, 15) is 9.59 Å². The van der Waals surface area contributed by atoms with Crippen LogP contribution >= 0.6 is 0 Å². The van der Waals surface area contributed by atoms with Crippen molar-refractivity contribution in [1.29, 1.82) is 0 Å². The fraction of sp³-hybridized carbons (Fsp3) is 0.500. The lowest BCUT2D eigenvalue weighted by molar-refractivity contribution is -0.139. The standard InChI is InChI=1S/C20H22N2O2/c1-10-3-6-16(11(2)7-10)21-9-22-19(23)17-12-4-5-13(15-8-14(12)15)18(17)20(22)24/h3-7,12-15,17-18,21H,8-9H2,1-2H3/t12-,13-,14-,15+,17+,18+/m1/s1. The Morgan fingerprint density at radius 3 is 2.25 bits per heavy atom. The number of rotatable bonds is 3. The van der Waals surface area contributed by atoms with Crippen LogP contribution in [0.3, 0.4) is 0 Å². The molecular weight excluding hydrogens is 300 g/mol. The maximum Gasteiger partial charge on any atom is 0.235 e. The molecule has 0 unspecified atom stereocenters. The molecule has 3 fully saturated rings. The van der Waals surface area contributed by atoms with Crippen molar-refractivity contribution in [2.24, 2.45) is 35.5 Å². The summed E-state index contributed by atoms with van der Waals surface area (Å²) in [7, 11) is 0. The maximum absolute atomic E-state index is 12.9. The normalized spacial score (nSPS) is 38.3. The largest absolute Gasteiger partial charge is 0.367 e. The number of carbonyl (C=O) groups is 2. The van der Waals surface area contributed by atoms with Crippen LogP contribution in [-0.4, -0.2) is 23.4 Å². The zero-order valence-electron chi connectivity index (χ0n) is 14.0. The first-order valence-electron chi connectivity index (χ1n) is 8.91. The predicted molar refractivity (Wildman–Crippen MR) is 91.0 cm³/mol. The van der Waals surface area contributed by atoms with Gasteiger partial charge in [-0.1, -0.05) is 29.8 Å². The van der Waals surface area contributed by atoms with Crippen molar-refractivity contribution < 1.29 is 9.59 Å². The molecule has 1 heterocycles. The summed E-state index contributed by atoms with van der Waals surface area (Å²) in [5.41, 5.74) is 3.33. The highest BCUT2D eigenvalue weighted by Gasteiger charge is 2.66. The number of nitrogens with one attached hydrogen (secondary N) is 1. The van der Waals surface area contributed by atoms with Crippen molar-refractivity contribution >= 4 is 17.5 Å². The molecule has 2 saturated carbocycles. The second-order valence-corrected chi connectivity index (χ2v) is 7.91. The number of hydrogen-bond donors (Lipinski definition) is 1. The van der Waals surface area contributed by atoms with E-state index >= 15 is 0 Å². The molecular formula is C20H22N2O2. The fourth-order valence-electron chi connectivity index (χ4n) is 5.35. The molecule has 6 atom stereocenters. The molecule has 0 spiro atoms. The van der Waals surface area contributed by atoms with Crippen LogP contribution in [0.4, 0.5) is 5.69 Å². The van der Waals surface area contributed by atoms with Crippen molar-refractivity contribution in [2.45, 2.75) is 20.3 Å². The van der Waals surface area contributed by atoms with Crippen LogP contribution in [0.25, 0.3) is 0 Å². The first-order valence-corrected chi connectivity index (χ1v) is 8.91. The van der Waals surface area contributed by atoms with Gasteiger partial charge in [0.2, 0.25) is 11.8 Å². The third kappa shape index (κ3) is 1.80. The van der Waals surface area contributed by atoms with Gasteiger partial charge in [-0.3, -0.25) is 14.5 Å². The number of hydrogen-bond acceptors (Lipinski definition) is 3. The molecule has 1 aromatic carbocycles. The molecule has 124 valence electrons. The molecule has 4 aliphatic carbocycles. The number of nitrogens with zero attached hydrogens (tertiary/aromatic N) is 1. The SMILES string of the molecule is Cc1ccc(NCN2C(=O)[C@H]3[C@@H]4C=C[C@H]([C@@H]5C[C@H]45)[C@@H]3C2=O)c(C)c1. The Bertz CT molecular complexity index is 748. The van der Waals surface area contributed by atoms with Crippen LogP contribution in [0.1, 0.15) is 17.5 Å². The average Bonchev–Trinajstić information content (AvgIpc) is 3.33. The fourth-order valence-corrected chi connectivity index (χ4v) is 5.35. The number of aryl methyl sites for hydroxylation is 2. The zero-order chi connectivity index (χ0) is 16.6. The molecule has 0 aromatic heterocycles. The quantitative estimate of drug-likeness (QED) is 0.688. The first kappa shape index (κ1) is 14.3. The van der Waals surface area contributed by atoms with Crippen LogP contribution in [0, 0.1) is 49.4 Å². The minimum absolute atomic E-state index is 0.0342. The van der Waals surface area contributed by atoms with E-state index in [0.717, 1.165) is 11.3 Å². The van der Waals surface area contributed by atoms with E-state index < -0.39 is 0 Å². The average molecular weight is 322 g/mol. The summed E-state index contributed by atoms with van der Waals surface area (Å²) in [4.78, 5) is 27.3. The van der Waals surface area contributed by atoms with Crippen molar-refractivity contribution in [2.75, 3.05) is 12.0 Å². The number of benzene rings is 1. The van der Waals surface area contributed by atoms with Crippen LogP contribution < -0.4 is 5.32 Å². The van der Waals surface area contributed by atoms with E-state index in [1.165, 1.54) is 16.9 Å². The van der Waals surface area contributed by atoms with Gasteiger partial charge >= 0.3 is 0 Å². The van der Waals surface area contributed by atoms with Crippen LogP contribution in [0.15, 0.2) is 30.4 Å². The van der Waals surface area contributed by atoms with E-state index in [1.54, 1.807) is 0 Å². The molecule has 24 heavy (non-hydrogen) atoms. The number of allylic oxidation sites excluding steroid dienone is 2. The van der Waals surface area contributed by atoms with Crippen molar-refractivity contribution in [1.82, 2.24) is 4.90 Å². The molecule has 4 heteroatoms. The van der Waals surface area contributed by atoms with Gasteiger partial charge < -0.3 is 5.32 Å². The van der Waals surface area contributed by atoms with E-state index in [4.69, 9.17) is 0 Å². The Morgan fingerprint density at radius 2 is 1.67 bits per heavy atom. The molecule has 5 aliphatic rings. The monoisotopic (exact) mass is 322 g/mol. The number of likely N-dealkylation sites (tertiary alicyclic amines) is 1. The highest BCUT2D eigenvalue weighted by Crippen LogP contribution is 2.65. The zero-order valence-corrected chi connectivity index (χ0v) is 14.0. The van der Waals surface area contributed by atoms with E-state index in [1.807, 2.05) is 19.1 Å². The van der Waals surface area contributed by atoms with Gasteiger partial charge in [-0.15, -0.1) is 0 Å². The number of imide groups is 1. The van der Waals surface area contributed by atoms with E-state index in [2.05, 4.69) is 30.5 Å². The van der Waals surface area contributed by atoms with Gasteiger partial charge in [-0.2, -0.15) is 0 Å². The Balaban J connectivity index is 1.37. The number of anilines is 1. The van der Waals surface area contributed by atoms with E-state index in [0.29, 0.717) is 23.7 Å². The smallest absolute Gasteiger partial charge is 0.235 e. The number of amides is 2. The molecule has 1 aromatic rings. The summed E-state index contributed by atoms with van der Waals surface area (Å²) < 4.78 is 0. The molecule has 1 saturated heterocycles. The minimum atomic E-state index is -0.0998. The Kier molecular flexibility index (Phi) is 2.80. The van der Waals surface area contributed by atoms with E-state index in [-0.39, 0.29) is 30.3 Å². The lowest BCUT2D eigenvalue weighted by atomic mass is 9.63. The Morgan fingerprint density at radius 1 is 1.04 bits per heavy atom. The summed E-state index contributed by atoms with van der Waals surface area (Å²) in [5, 5.41) is 3.29. The third-order valence-electron chi connectivity index (χ3n) is 6.56. The second-order valence-electron chi connectivity index (χ2n) is 7.91. The topological polar surface area (TPSA) is 49.4 Å². The van der Waals surface area contributed by atoms with Gasteiger partial charge in [0, 0.05) is 5.69 Å². The summed E-state index contributed by atoms with van der Waals surface area (Å²) >= 11 is 0. The number of carbonyl (C=O) groups excluding carboxylic acids is 2.